The predicted octanol–water partition coefficient (Wildman–Crippen LogP) is 5.03. The van der Waals surface area contributed by atoms with Crippen LogP contribution in [0.5, 0.6) is 11.5 Å². The number of anilines is 1. The van der Waals surface area contributed by atoms with Gasteiger partial charge in [0.2, 0.25) is 11.8 Å². The number of phenols is 1. The zero-order valence-corrected chi connectivity index (χ0v) is 23.6. The fourth-order valence-electron chi connectivity index (χ4n) is 6.61. The van der Waals surface area contributed by atoms with Gasteiger partial charge in [-0.1, -0.05) is 23.8 Å². The monoisotopic (exact) mass is 635 g/mol. The van der Waals surface area contributed by atoms with Crippen LogP contribution in [-0.2, 0) is 19.2 Å². The van der Waals surface area contributed by atoms with Crippen molar-refractivity contribution in [1.29, 1.82) is 0 Å². The Labute approximate surface area is 239 Å². The normalized spacial score (nSPS) is 26.2. The lowest BCUT2D eigenvalue weighted by molar-refractivity contribution is -0.123. The highest BCUT2D eigenvalue weighted by Gasteiger charge is 2.56. The van der Waals surface area contributed by atoms with E-state index in [4.69, 9.17) is 4.74 Å². The van der Waals surface area contributed by atoms with Crippen molar-refractivity contribution in [2.24, 2.45) is 17.8 Å². The second kappa shape index (κ2) is 9.59. The minimum absolute atomic E-state index is 0.0957. The molecule has 6 rings (SSSR count). The summed E-state index contributed by atoms with van der Waals surface area (Å²) in [5.41, 5.74) is 2.81. The van der Waals surface area contributed by atoms with E-state index in [-0.39, 0.29) is 41.3 Å². The number of Topliss-reactive ketones (excluding diaryl/α,β-unsaturated/α-hetero) is 1. The van der Waals surface area contributed by atoms with Gasteiger partial charge in [0.15, 0.2) is 23.1 Å². The van der Waals surface area contributed by atoms with Crippen LogP contribution in [0.3, 0.4) is 0 Å². The number of nitrogens with zero attached hydrogens (tertiary/aromatic N) is 1. The molecule has 0 aromatic heterocycles. The van der Waals surface area contributed by atoms with Crippen molar-refractivity contribution in [1.82, 2.24) is 0 Å². The van der Waals surface area contributed by atoms with Crippen LogP contribution in [0, 0.1) is 21.3 Å². The Kier molecular flexibility index (Phi) is 6.32. The third kappa shape index (κ3) is 3.91. The molecule has 39 heavy (non-hydrogen) atoms. The summed E-state index contributed by atoms with van der Waals surface area (Å²) in [7, 11) is 0. The zero-order chi connectivity index (χ0) is 27.6. The van der Waals surface area contributed by atoms with Crippen LogP contribution in [0.25, 0.3) is 0 Å². The predicted molar refractivity (Wildman–Crippen MR) is 152 cm³/mol. The van der Waals surface area contributed by atoms with E-state index in [0.29, 0.717) is 41.0 Å². The number of ether oxygens (including phenoxy) is 1. The highest BCUT2D eigenvalue weighted by Crippen LogP contribution is 2.57. The van der Waals surface area contributed by atoms with E-state index >= 15 is 0 Å². The molecule has 1 saturated heterocycles. The largest absolute Gasteiger partial charge is 0.504 e. The average Bonchev–Trinajstić information content (AvgIpc) is 3.18. The highest BCUT2D eigenvalue weighted by molar-refractivity contribution is 14.1. The third-order valence-corrected chi connectivity index (χ3v) is 9.01. The molecule has 1 N–H and O–H groups in total. The lowest BCUT2D eigenvalue weighted by Gasteiger charge is -2.42. The fourth-order valence-corrected chi connectivity index (χ4v) is 6.97. The van der Waals surface area contributed by atoms with Gasteiger partial charge in [0, 0.05) is 31.8 Å². The number of fused-ring (bicyclic) bond motifs is 3. The molecule has 4 unspecified atom stereocenters. The summed E-state index contributed by atoms with van der Waals surface area (Å²) in [4.78, 5) is 55.6. The fraction of sp³-hybridized carbons (Fsp3) is 0.290. The van der Waals surface area contributed by atoms with Crippen LogP contribution in [0.4, 0.5) is 5.69 Å². The molecule has 1 heterocycles. The van der Waals surface area contributed by atoms with Gasteiger partial charge in [0.1, 0.15) is 0 Å². The van der Waals surface area contributed by atoms with E-state index in [1.165, 1.54) is 11.0 Å². The Bertz CT molecular complexity index is 1550. The van der Waals surface area contributed by atoms with Crippen molar-refractivity contribution in [3.05, 3.63) is 86.0 Å². The summed E-state index contributed by atoms with van der Waals surface area (Å²) in [6, 6.07) is 12.4. The van der Waals surface area contributed by atoms with Gasteiger partial charge in [-0.2, -0.15) is 0 Å². The van der Waals surface area contributed by atoms with Crippen molar-refractivity contribution in [3.8, 4) is 11.5 Å². The number of rotatable bonds is 4. The molecule has 1 fully saturated rings. The number of benzene rings is 2. The van der Waals surface area contributed by atoms with E-state index < -0.39 is 23.7 Å². The van der Waals surface area contributed by atoms with Crippen LogP contribution in [0.1, 0.15) is 38.2 Å². The molecule has 198 valence electrons. The first-order chi connectivity index (χ1) is 18.7. The molecule has 2 amide bonds. The quantitative estimate of drug-likeness (QED) is 0.219. The minimum Gasteiger partial charge on any atom is -0.504 e. The van der Waals surface area contributed by atoms with E-state index in [1.807, 2.05) is 25.1 Å². The van der Waals surface area contributed by atoms with Crippen molar-refractivity contribution < 1.29 is 29.0 Å². The Morgan fingerprint density at radius 3 is 2.49 bits per heavy atom. The van der Waals surface area contributed by atoms with Gasteiger partial charge in [-0.25, -0.2) is 0 Å². The van der Waals surface area contributed by atoms with Crippen molar-refractivity contribution >= 4 is 51.7 Å². The molecule has 0 spiro atoms. The van der Waals surface area contributed by atoms with Crippen molar-refractivity contribution in [2.45, 2.75) is 32.6 Å². The number of imide groups is 1. The first kappa shape index (κ1) is 25.7. The summed E-state index contributed by atoms with van der Waals surface area (Å²) in [6.07, 6.45) is 3.83. The molecule has 4 atom stereocenters. The van der Waals surface area contributed by atoms with Gasteiger partial charge in [-0.05, 0) is 91.6 Å². The third-order valence-electron chi connectivity index (χ3n) is 8.29. The lowest BCUT2D eigenvalue weighted by atomic mass is 9.59. The Hall–Kier alpha value is -3.53. The molecule has 0 saturated carbocycles. The number of phenolic OH excluding ortho intramolecular Hbond substituents is 1. The SMILES string of the molecule is CCOc1cccc(C2C3=CCC4C(=O)N(c5ccc(I)cc5)C(=O)C4C3CC3=C2C(=O)C(C)=CC3=O)c1O. The van der Waals surface area contributed by atoms with Gasteiger partial charge in [-0.3, -0.25) is 24.1 Å². The van der Waals surface area contributed by atoms with Gasteiger partial charge in [0.25, 0.3) is 0 Å². The number of hydrogen-bond acceptors (Lipinski definition) is 6. The van der Waals surface area contributed by atoms with Crippen molar-refractivity contribution in [2.75, 3.05) is 11.5 Å². The second-order valence-electron chi connectivity index (χ2n) is 10.3. The van der Waals surface area contributed by atoms with E-state index in [2.05, 4.69) is 22.6 Å². The highest BCUT2D eigenvalue weighted by atomic mass is 127. The van der Waals surface area contributed by atoms with Gasteiger partial charge >= 0.3 is 0 Å². The number of carbonyl (C=O) groups is 4. The summed E-state index contributed by atoms with van der Waals surface area (Å²) >= 11 is 2.17. The van der Waals surface area contributed by atoms with Crippen molar-refractivity contribution in [3.63, 3.8) is 0 Å². The number of carbonyl (C=O) groups excluding carboxylic acids is 4. The maximum Gasteiger partial charge on any atom is 0.238 e. The first-order valence-electron chi connectivity index (χ1n) is 13.0. The first-order valence-corrected chi connectivity index (χ1v) is 14.1. The summed E-state index contributed by atoms with van der Waals surface area (Å²) in [5.74, 6) is -3.27. The topological polar surface area (TPSA) is 101 Å². The molecule has 8 heteroatoms. The molecule has 2 aromatic carbocycles. The lowest BCUT2D eigenvalue weighted by Crippen LogP contribution is -2.39. The number of amides is 2. The Balaban J connectivity index is 1.50. The molecule has 1 aliphatic heterocycles. The number of para-hydroxylation sites is 1. The van der Waals surface area contributed by atoms with E-state index in [9.17, 15) is 24.3 Å². The Morgan fingerprint density at radius 1 is 1.03 bits per heavy atom. The minimum atomic E-state index is -0.726. The average molecular weight is 635 g/mol. The maximum atomic E-state index is 13.9. The number of allylic oxidation sites excluding steroid dienone is 6. The smallest absolute Gasteiger partial charge is 0.238 e. The van der Waals surface area contributed by atoms with Crippen LogP contribution < -0.4 is 9.64 Å². The molecule has 0 bridgehead atoms. The molecule has 0 radical (unpaired) electrons. The molecule has 2 aromatic rings. The van der Waals surface area contributed by atoms with Gasteiger partial charge in [0.05, 0.1) is 24.1 Å². The van der Waals surface area contributed by atoms with E-state index in [1.54, 1.807) is 37.3 Å². The zero-order valence-electron chi connectivity index (χ0n) is 21.4. The van der Waals surface area contributed by atoms with Crippen LogP contribution in [-0.4, -0.2) is 35.1 Å². The van der Waals surface area contributed by atoms with Crippen LogP contribution >= 0.6 is 22.6 Å². The second-order valence-corrected chi connectivity index (χ2v) is 11.6. The molecule has 7 nitrogen and oxygen atoms in total. The summed E-state index contributed by atoms with van der Waals surface area (Å²) < 4.78 is 6.62. The molecule has 3 aliphatic carbocycles. The Morgan fingerprint density at radius 2 is 1.77 bits per heavy atom. The number of hydrogen-bond donors (Lipinski definition) is 1. The molecule has 4 aliphatic rings. The standard InChI is InChI=1S/C31H26INO6/c1-3-39-24-6-4-5-19(29(24)36)25-18-11-12-20-26(21(18)14-22-23(34)13-15(2)28(35)27(22)25)31(38)33(30(20)37)17-9-7-16(32)8-10-17/h4-11,13,20-21,25-26,36H,3,12,14H2,1-2H3. The molecular weight excluding hydrogens is 609 g/mol. The van der Waals surface area contributed by atoms with Crippen LogP contribution in [0.2, 0.25) is 0 Å². The molecular formula is C31H26INO6. The van der Waals surface area contributed by atoms with Gasteiger partial charge in [-0.15, -0.1) is 0 Å². The summed E-state index contributed by atoms with van der Waals surface area (Å²) in [6.45, 7) is 3.77. The number of ketones is 2. The number of aromatic hydroxyl groups is 1. The van der Waals surface area contributed by atoms with E-state index in [0.717, 1.165) is 9.14 Å². The van der Waals surface area contributed by atoms with Crippen LogP contribution in [0.15, 0.2) is 76.9 Å². The maximum absolute atomic E-state index is 13.9. The summed E-state index contributed by atoms with van der Waals surface area (Å²) in [5, 5.41) is 11.2. The number of halogens is 1. The van der Waals surface area contributed by atoms with Gasteiger partial charge < -0.3 is 9.84 Å².